The van der Waals surface area contributed by atoms with Crippen LogP contribution in [0.5, 0.6) is 5.75 Å². The van der Waals surface area contributed by atoms with E-state index < -0.39 is 11.7 Å². The minimum Gasteiger partial charge on any atom is -0.497 e. The van der Waals surface area contributed by atoms with Crippen molar-refractivity contribution >= 4 is 57.5 Å². The van der Waals surface area contributed by atoms with Crippen LogP contribution in [0.4, 0.5) is 16.2 Å². The van der Waals surface area contributed by atoms with Crippen molar-refractivity contribution in [3.63, 3.8) is 0 Å². The summed E-state index contributed by atoms with van der Waals surface area (Å²) >= 11 is 0. The number of ether oxygens (including phenoxy) is 3. The summed E-state index contributed by atoms with van der Waals surface area (Å²) in [6, 6.07) is 13.7. The van der Waals surface area contributed by atoms with E-state index in [1.54, 1.807) is 37.4 Å². The molecule has 2 fully saturated rings. The topological polar surface area (TPSA) is 184 Å². The number of hydrogen-bond donors (Lipinski definition) is 2. The third-order valence-corrected chi connectivity index (χ3v) is 8.65. The van der Waals surface area contributed by atoms with Gasteiger partial charge in [-0.15, -0.1) is 0 Å². The molecule has 1 aromatic heterocycles. The van der Waals surface area contributed by atoms with Gasteiger partial charge in [-0.05, 0) is 68.9 Å². The monoisotopic (exact) mass is 706 g/mol. The molecular weight excluding hydrogens is 660 g/mol. The average Bonchev–Trinajstić information content (AvgIpc) is 3.10. The van der Waals surface area contributed by atoms with E-state index in [-0.39, 0.29) is 80.1 Å². The van der Waals surface area contributed by atoms with E-state index in [9.17, 15) is 33.6 Å². The Kier molecular flexibility index (Phi) is 15.5. The summed E-state index contributed by atoms with van der Waals surface area (Å²) in [5.74, 6) is 0.0108. The second-order valence-corrected chi connectivity index (χ2v) is 12.2. The van der Waals surface area contributed by atoms with Crippen LogP contribution >= 0.6 is 0 Å². The van der Waals surface area contributed by atoms with Gasteiger partial charge in [-0.2, -0.15) is 0 Å². The van der Waals surface area contributed by atoms with Crippen molar-refractivity contribution in [3.05, 3.63) is 64.5 Å². The van der Waals surface area contributed by atoms with Crippen molar-refractivity contribution in [2.45, 2.75) is 71.6 Å². The molecule has 13 nitrogen and oxygen atoms in total. The molecule has 5 rings (SSSR count). The number of rotatable bonds is 12. The molecule has 0 spiro atoms. The maximum absolute atomic E-state index is 12.0. The molecule has 2 aliphatic carbocycles. The zero-order chi connectivity index (χ0) is 36.0. The first-order valence-corrected chi connectivity index (χ1v) is 16.7. The van der Waals surface area contributed by atoms with E-state index in [0.717, 1.165) is 5.69 Å². The molecule has 13 heteroatoms. The largest absolute Gasteiger partial charge is 0.497 e. The van der Waals surface area contributed by atoms with Gasteiger partial charge in [-0.3, -0.25) is 24.5 Å². The molecule has 274 valence electrons. The summed E-state index contributed by atoms with van der Waals surface area (Å²) in [6.07, 6.45) is 3.81. The maximum atomic E-state index is 12.0. The lowest BCUT2D eigenvalue weighted by molar-refractivity contribution is -0.134. The third-order valence-electron chi connectivity index (χ3n) is 8.65. The second-order valence-electron chi connectivity index (χ2n) is 12.2. The zero-order valence-electron chi connectivity index (χ0n) is 28.2. The lowest BCUT2D eigenvalue weighted by atomic mass is 9.84. The normalized spacial score (nSPS) is 17.1. The van der Waals surface area contributed by atoms with Gasteiger partial charge in [0.2, 0.25) is 0 Å². The lowest BCUT2D eigenvalue weighted by Gasteiger charge is -2.19. The van der Waals surface area contributed by atoms with Gasteiger partial charge in [0.25, 0.3) is 0 Å². The Morgan fingerprint density at radius 2 is 1.41 bits per heavy atom. The van der Waals surface area contributed by atoms with Gasteiger partial charge in [-0.25, -0.2) is 14.4 Å². The Morgan fingerprint density at radius 3 is 2.00 bits per heavy atom. The molecule has 2 aromatic carbocycles. The summed E-state index contributed by atoms with van der Waals surface area (Å²) in [7, 11) is 3.26. The lowest BCUT2D eigenvalue weighted by Crippen LogP contribution is -2.25. The van der Waals surface area contributed by atoms with E-state index >= 15 is 0 Å². The first-order valence-electron chi connectivity index (χ1n) is 16.7. The number of esters is 1. The fourth-order valence-corrected chi connectivity index (χ4v) is 5.85. The molecule has 3 aromatic rings. The van der Waals surface area contributed by atoms with Crippen LogP contribution in [0.2, 0.25) is 0 Å². The maximum Gasteiger partial charge on any atom is 0.411 e. The van der Waals surface area contributed by atoms with Gasteiger partial charge >= 0.3 is 17.7 Å². The predicted molar refractivity (Wildman–Crippen MR) is 190 cm³/mol. The highest BCUT2D eigenvalue weighted by Gasteiger charge is 2.27. The fraction of sp³-hybridized carbons (Fsp3) is 0.447. The number of para-hydroxylation sites is 1. The molecule has 2 aliphatic rings. The van der Waals surface area contributed by atoms with Gasteiger partial charge in [0.05, 0.1) is 38.7 Å². The number of Topliss-reactive ketones (excluding diaryl/α,β-unsaturated/α-hetero) is 4. The minimum atomic E-state index is -0.773. The van der Waals surface area contributed by atoms with Crippen LogP contribution in [-0.2, 0) is 28.7 Å². The summed E-state index contributed by atoms with van der Waals surface area (Å²) in [4.78, 5) is 81.8. The van der Waals surface area contributed by atoms with Crippen molar-refractivity contribution in [2.75, 3.05) is 38.0 Å². The average molecular weight is 707 g/mol. The van der Waals surface area contributed by atoms with Crippen molar-refractivity contribution in [1.29, 1.82) is 0 Å². The zero-order valence-corrected chi connectivity index (χ0v) is 28.2. The summed E-state index contributed by atoms with van der Waals surface area (Å²) in [6.45, 7) is 0.397. The van der Waals surface area contributed by atoms with Crippen LogP contribution in [0.15, 0.2) is 57.7 Å². The van der Waals surface area contributed by atoms with E-state index in [1.807, 2.05) is 12.1 Å². The molecule has 2 unspecified atom stereocenters. The van der Waals surface area contributed by atoms with Gasteiger partial charge in [0, 0.05) is 48.9 Å². The molecule has 1 amide bonds. The number of fused-ring (bicyclic) bond motifs is 1. The van der Waals surface area contributed by atoms with Crippen LogP contribution in [0.3, 0.4) is 0 Å². The standard InChI is InChI=1S/C20H21NO7.C17H21NO4.CH4/c1-26-15-7-5-13-9-16(19(24)28-18(13)11-15)21-20(25)27-8-2-3-12-4-6-14(22)10-17(12)23;1-18-15-7-3-2-6-14(15)17(21)22-10-4-5-12-8-9-13(19)11-16(12)20;/h5,7,9,11-12H,2-4,6,8,10H2,1H3,(H,21,25);2-3,6-7,12,18H,4-5,8-11H2,1H3;1H4. The Labute approximate surface area is 296 Å². The van der Waals surface area contributed by atoms with Crippen LogP contribution < -0.4 is 21.0 Å². The number of methoxy groups -OCH3 is 1. The molecule has 0 saturated heterocycles. The van der Waals surface area contributed by atoms with Gasteiger partial charge in [0.1, 0.15) is 40.2 Å². The van der Waals surface area contributed by atoms with Gasteiger partial charge in [-0.1, -0.05) is 19.6 Å². The van der Waals surface area contributed by atoms with Crippen molar-refractivity contribution in [2.24, 2.45) is 11.8 Å². The number of anilines is 2. The van der Waals surface area contributed by atoms with Crippen molar-refractivity contribution in [1.82, 2.24) is 0 Å². The highest BCUT2D eigenvalue weighted by molar-refractivity contribution is 6.03. The molecule has 0 bridgehead atoms. The smallest absolute Gasteiger partial charge is 0.411 e. The van der Waals surface area contributed by atoms with E-state index in [2.05, 4.69) is 10.6 Å². The summed E-state index contributed by atoms with van der Waals surface area (Å²) in [5.41, 5.74) is 0.857. The number of nitrogens with one attached hydrogen (secondary N) is 2. The van der Waals surface area contributed by atoms with Crippen LogP contribution in [-0.4, -0.2) is 62.6 Å². The predicted octanol–water partition coefficient (Wildman–Crippen LogP) is 6.31. The fourth-order valence-electron chi connectivity index (χ4n) is 5.85. The SMILES string of the molecule is C.CNc1ccccc1C(=O)OCCCC1CCC(=O)CC1=O.COc1ccc2cc(NC(=O)OCCCC3CCC(=O)CC3=O)c(=O)oc2c1. The third kappa shape index (κ3) is 11.9. The Hall–Kier alpha value is -5.33. The Balaban J connectivity index is 0.000000278. The minimum absolute atomic E-state index is 0. The Bertz CT molecular complexity index is 1780. The molecular formula is C38H46N2O11. The Morgan fingerprint density at radius 1 is 0.804 bits per heavy atom. The first-order chi connectivity index (χ1) is 24.1. The molecule has 0 radical (unpaired) electrons. The van der Waals surface area contributed by atoms with Crippen LogP contribution in [0, 0.1) is 11.8 Å². The van der Waals surface area contributed by atoms with E-state index in [1.165, 1.54) is 13.2 Å². The van der Waals surface area contributed by atoms with E-state index in [4.69, 9.17) is 18.6 Å². The number of carbonyl (C=O) groups excluding carboxylic acids is 6. The molecule has 2 atom stereocenters. The van der Waals surface area contributed by atoms with Gasteiger partial charge < -0.3 is 23.9 Å². The molecule has 1 heterocycles. The number of hydrogen-bond acceptors (Lipinski definition) is 12. The second kappa shape index (κ2) is 19.8. The molecule has 51 heavy (non-hydrogen) atoms. The van der Waals surface area contributed by atoms with Crippen LogP contribution in [0.1, 0.15) is 82.0 Å². The summed E-state index contributed by atoms with van der Waals surface area (Å²) < 4.78 is 20.6. The summed E-state index contributed by atoms with van der Waals surface area (Å²) in [5, 5.41) is 5.95. The highest BCUT2D eigenvalue weighted by Crippen LogP contribution is 2.25. The van der Waals surface area contributed by atoms with Crippen LogP contribution in [0.25, 0.3) is 11.0 Å². The quantitative estimate of drug-likeness (QED) is 0.0928. The van der Waals surface area contributed by atoms with E-state index in [0.29, 0.717) is 73.6 Å². The van der Waals surface area contributed by atoms with Crippen molar-refractivity contribution < 1.29 is 47.4 Å². The number of amides is 1. The van der Waals surface area contributed by atoms with Gasteiger partial charge in [0.15, 0.2) is 0 Å². The molecule has 2 saturated carbocycles. The van der Waals surface area contributed by atoms with Crippen molar-refractivity contribution in [3.8, 4) is 5.75 Å². The number of ketones is 4. The number of benzene rings is 2. The first kappa shape index (κ1) is 40.1. The molecule has 0 aliphatic heterocycles. The number of carbonyl (C=O) groups is 6. The highest BCUT2D eigenvalue weighted by atomic mass is 16.5. The molecule has 2 N–H and O–H groups in total.